The number of methoxy groups -OCH3 is 1. The maximum atomic E-state index is 13.7. The molecule has 0 amide bonds. The SMILES string of the molecule is COc1ccc(C)cc1C(O)(c1cccc(C)c1)C(F)(F)F. The molecule has 0 bridgehead atoms. The molecule has 2 aromatic carbocycles. The molecule has 2 aromatic rings. The van der Waals surface area contributed by atoms with Gasteiger partial charge in [0.05, 0.1) is 7.11 Å². The summed E-state index contributed by atoms with van der Waals surface area (Å²) in [6.07, 6.45) is -4.89. The predicted molar refractivity (Wildman–Crippen MR) is 78.0 cm³/mol. The predicted octanol–water partition coefficient (Wildman–Crippen LogP) is 4.11. The summed E-state index contributed by atoms with van der Waals surface area (Å²) in [5, 5.41) is 10.6. The Bertz CT molecular complexity index is 680. The van der Waals surface area contributed by atoms with Crippen molar-refractivity contribution in [3.8, 4) is 5.75 Å². The van der Waals surface area contributed by atoms with Crippen LogP contribution in [-0.4, -0.2) is 18.4 Å². The number of ether oxygens (including phenoxy) is 1. The van der Waals surface area contributed by atoms with Crippen LogP contribution in [0.25, 0.3) is 0 Å². The molecule has 0 fully saturated rings. The van der Waals surface area contributed by atoms with Gasteiger partial charge in [0.25, 0.3) is 0 Å². The minimum Gasteiger partial charge on any atom is -0.496 e. The van der Waals surface area contributed by atoms with Crippen LogP contribution in [-0.2, 0) is 5.60 Å². The van der Waals surface area contributed by atoms with Crippen molar-refractivity contribution in [3.05, 3.63) is 64.7 Å². The second-order valence-corrected chi connectivity index (χ2v) is 5.28. The molecule has 0 radical (unpaired) electrons. The van der Waals surface area contributed by atoms with E-state index in [0.29, 0.717) is 11.1 Å². The first-order valence-electron chi connectivity index (χ1n) is 6.71. The van der Waals surface area contributed by atoms with Gasteiger partial charge in [-0.3, -0.25) is 0 Å². The van der Waals surface area contributed by atoms with Crippen LogP contribution in [0.3, 0.4) is 0 Å². The Hall–Kier alpha value is -2.01. The third-order valence-electron chi connectivity index (χ3n) is 3.59. The van der Waals surface area contributed by atoms with Crippen LogP contribution in [0.2, 0.25) is 0 Å². The van der Waals surface area contributed by atoms with Gasteiger partial charge in [0.15, 0.2) is 0 Å². The Morgan fingerprint density at radius 1 is 0.955 bits per heavy atom. The second kappa shape index (κ2) is 5.65. The fourth-order valence-corrected chi connectivity index (χ4v) is 2.45. The van der Waals surface area contributed by atoms with E-state index in [9.17, 15) is 18.3 Å². The van der Waals surface area contributed by atoms with E-state index in [1.54, 1.807) is 26.0 Å². The summed E-state index contributed by atoms with van der Waals surface area (Å²) >= 11 is 0. The Labute approximate surface area is 127 Å². The fourth-order valence-electron chi connectivity index (χ4n) is 2.45. The summed E-state index contributed by atoms with van der Waals surface area (Å²) in [5.41, 5.74) is -2.44. The molecule has 0 aliphatic carbocycles. The first-order valence-corrected chi connectivity index (χ1v) is 6.71. The topological polar surface area (TPSA) is 29.5 Å². The molecule has 0 aliphatic rings. The monoisotopic (exact) mass is 310 g/mol. The first-order chi connectivity index (χ1) is 10.2. The number of rotatable bonds is 3. The largest absolute Gasteiger partial charge is 0.496 e. The number of benzene rings is 2. The van der Waals surface area contributed by atoms with Gasteiger partial charge in [0.1, 0.15) is 5.75 Å². The van der Waals surface area contributed by atoms with E-state index in [4.69, 9.17) is 4.74 Å². The summed E-state index contributed by atoms with van der Waals surface area (Å²) in [5.74, 6) is -0.00747. The molecule has 0 aliphatic heterocycles. The van der Waals surface area contributed by atoms with Crippen molar-refractivity contribution in [1.82, 2.24) is 0 Å². The Kier molecular flexibility index (Phi) is 4.20. The van der Waals surface area contributed by atoms with Crippen LogP contribution in [0, 0.1) is 13.8 Å². The Morgan fingerprint density at radius 2 is 1.59 bits per heavy atom. The number of aryl methyl sites for hydroxylation is 2. The van der Waals surface area contributed by atoms with E-state index in [2.05, 4.69) is 0 Å². The highest BCUT2D eigenvalue weighted by Gasteiger charge is 2.57. The minimum absolute atomic E-state index is 0.00747. The summed E-state index contributed by atoms with van der Waals surface area (Å²) in [7, 11) is 1.28. The average Bonchev–Trinajstić information content (AvgIpc) is 2.45. The van der Waals surface area contributed by atoms with Gasteiger partial charge < -0.3 is 9.84 Å². The van der Waals surface area contributed by atoms with E-state index < -0.39 is 11.8 Å². The smallest absolute Gasteiger partial charge is 0.425 e. The number of aliphatic hydroxyl groups is 1. The van der Waals surface area contributed by atoms with Crippen LogP contribution < -0.4 is 4.74 Å². The summed E-state index contributed by atoms with van der Waals surface area (Å²) in [4.78, 5) is 0. The van der Waals surface area contributed by atoms with Crippen LogP contribution >= 0.6 is 0 Å². The van der Waals surface area contributed by atoms with Gasteiger partial charge >= 0.3 is 6.18 Å². The van der Waals surface area contributed by atoms with Gasteiger partial charge in [-0.25, -0.2) is 0 Å². The molecule has 0 saturated heterocycles. The van der Waals surface area contributed by atoms with Crippen LogP contribution in [0.5, 0.6) is 5.75 Å². The van der Waals surface area contributed by atoms with Crippen molar-refractivity contribution in [2.75, 3.05) is 7.11 Å². The molecule has 1 N–H and O–H groups in total. The molecule has 2 nitrogen and oxygen atoms in total. The highest BCUT2D eigenvalue weighted by molar-refractivity contribution is 5.48. The van der Waals surface area contributed by atoms with E-state index in [1.165, 1.54) is 37.4 Å². The lowest BCUT2D eigenvalue weighted by molar-refractivity contribution is -0.248. The second-order valence-electron chi connectivity index (χ2n) is 5.28. The lowest BCUT2D eigenvalue weighted by Gasteiger charge is -2.33. The standard InChI is InChI=1S/C17H17F3O2/c1-11-5-4-6-13(9-11)16(21,17(18,19)20)14-10-12(2)7-8-15(14)22-3/h4-10,21H,1-3H3. The molecule has 2 rings (SSSR count). The zero-order valence-electron chi connectivity index (χ0n) is 12.5. The Morgan fingerprint density at radius 3 is 2.14 bits per heavy atom. The zero-order chi connectivity index (χ0) is 16.5. The molecule has 118 valence electrons. The zero-order valence-corrected chi connectivity index (χ0v) is 12.5. The van der Waals surface area contributed by atoms with Gasteiger partial charge in [0.2, 0.25) is 5.60 Å². The lowest BCUT2D eigenvalue weighted by atomic mass is 9.83. The highest BCUT2D eigenvalue weighted by atomic mass is 19.4. The average molecular weight is 310 g/mol. The van der Waals surface area contributed by atoms with Crippen molar-refractivity contribution in [2.24, 2.45) is 0 Å². The van der Waals surface area contributed by atoms with Crippen LogP contribution in [0.4, 0.5) is 13.2 Å². The lowest BCUT2D eigenvalue weighted by Crippen LogP contribution is -2.43. The number of hydrogen-bond acceptors (Lipinski definition) is 2. The molecule has 0 spiro atoms. The highest BCUT2D eigenvalue weighted by Crippen LogP contribution is 2.47. The van der Waals surface area contributed by atoms with E-state index in [1.807, 2.05) is 0 Å². The van der Waals surface area contributed by atoms with Gasteiger partial charge in [0, 0.05) is 5.56 Å². The number of hydrogen-bond donors (Lipinski definition) is 1. The molecular weight excluding hydrogens is 293 g/mol. The molecule has 22 heavy (non-hydrogen) atoms. The molecule has 5 heteroatoms. The fraction of sp³-hybridized carbons (Fsp3) is 0.294. The van der Waals surface area contributed by atoms with Crippen molar-refractivity contribution in [3.63, 3.8) is 0 Å². The number of alkyl halides is 3. The van der Waals surface area contributed by atoms with E-state index in [-0.39, 0.29) is 16.9 Å². The summed E-state index contributed by atoms with van der Waals surface area (Å²) in [6.45, 7) is 3.34. The van der Waals surface area contributed by atoms with Crippen molar-refractivity contribution >= 4 is 0 Å². The first kappa shape index (κ1) is 16.4. The maximum Gasteiger partial charge on any atom is 0.425 e. The third kappa shape index (κ3) is 2.68. The van der Waals surface area contributed by atoms with Gasteiger partial charge in [-0.1, -0.05) is 41.5 Å². The Balaban J connectivity index is 2.79. The maximum absolute atomic E-state index is 13.7. The summed E-state index contributed by atoms with van der Waals surface area (Å²) in [6, 6.07) is 10.1. The molecule has 0 heterocycles. The summed E-state index contributed by atoms with van der Waals surface area (Å²) < 4.78 is 46.3. The van der Waals surface area contributed by atoms with Gasteiger partial charge in [-0.2, -0.15) is 13.2 Å². The van der Waals surface area contributed by atoms with Gasteiger partial charge in [-0.15, -0.1) is 0 Å². The molecule has 1 unspecified atom stereocenters. The van der Waals surface area contributed by atoms with Crippen LogP contribution in [0.15, 0.2) is 42.5 Å². The molecule has 1 atom stereocenters. The third-order valence-corrected chi connectivity index (χ3v) is 3.59. The van der Waals surface area contributed by atoms with Crippen molar-refractivity contribution < 1.29 is 23.0 Å². The van der Waals surface area contributed by atoms with E-state index in [0.717, 1.165) is 0 Å². The van der Waals surface area contributed by atoms with Crippen LogP contribution in [0.1, 0.15) is 22.3 Å². The number of halogens is 3. The normalized spacial score (nSPS) is 14.5. The quantitative estimate of drug-likeness (QED) is 0.924. The minimum atomic E-state index is -4.89. The van der Waals surface area contributed by atoms with Gasteiger partial charge in [-0.05, 0) is 31.5 Å². The molecule has 0 aromatic heterocycles. The molecular formula is C17H17F3O2. The molecule has 0 saturated carbocycles. The van der Waals surface area contributed by atoms with E-state index >= 15 is 0 Å². The van der Waals surface area contributed by atoms with Crippen molar-refractivity contribution in [2.45, 2.75) is 25.6 Å². The van der Waals surface area contributed by atoms with Crippen molar-refractivity contribution in [1.29, 1.82) is 0 Å².